The van der Waals surface area contributed by atoms with Crippen LogP contribution in [0.25, 0.3) is 0 Å². The molecule has 0 rings (SSSR count). The second-order valence-corrected chi connectivity index (χ2v) is 3.44. The molecule has 0 heterocycles. The average Bonchev–Trinajstić information content (AvgIpc) is 2.17. The monoisotopic (exact) mass is 198 g/mol. The summed E-state index contributed by atoms with van der Waals surface area (Å²) in [6.07, 6.45) is 3.50. The van der Waals surface area contributed by atoms with Crippen LogP contribution in [0.2, 0.25) is 0 Å². The molecule has 0 aliphatic rings. The molecule has 82 valence electrons. The standard InChI is InChI=1S/C11H22N2O/c1-5-7-8-9-12-13(6-2)11(14)10(3)4/h12H,3,5-9H2,1-2,4H3. The molecule has 0 fully saturated rings. The summed E-state index contributed by atoms with van der Waals surface area (Å²) in [5.74, 6) is -0.0102. The highest BCUT2D eigenvalue weighted by atomic mass is 16.2. The van der Waals surface area contributed by atoms with Crippen LogP contribution in [0.15, 0.2) is 12.2 Å². The zero-order chi connectivity index (χ0) is 11.0. The molecule has 0 bridgehead atoms. The number of carbonyl (C=O) groups is 1. The number of hydrogen-bond donors (Lipinski definition) is 1. The minimum absolute atomic E-state index is 0.0102. The molecule has 0 unspecified atom stereocenters. The number of likely N-dealkylation sites (N-methyl/N-ethyl adjacent to an activating group) is 1. The molecule has 0 saturated carbocycles. The molecule has 0 radical (unpaired) electrons. The number of unbranched alkanes of at least 4 members (excludes halogenated alkanes) is 2. The Bertz CT molecular complexity index is 190. The van der Waals surface area contributed by atoms with Crippen molar-refractivity contribution in [2.75, 3.05) is 13.1 Å². The Balaban J connectivity index is 3.79. The summed E-state index contributed by atoms with van der Waals surface area (Å²) in [6, 6.07) is 0. The van der Waals surface area contributed by atoms with Gasteiger partial charge in [-0.05, 0) is 20.3 Å². The molecule has 0 spiro atoms. The summed E-state index contributed by atoms with van der Waals surface area (Å²) < 4.78 is 0. The first kappa shape index (κ1) is 13.2. The lowest BCUT2D eigenvalue weighted by Crippen LogP contribution is -2.43. The molecule has 0 aliphatic carbocycles. The number of nitrogens with zero attached hydrogens (tertiary/aromatic N) is 1. The van der Waals surface area contributed by atoms with Crippen LogP contribution in [-0.2, 0) is 4.79 Å². The van der Waals surface area contributed by atoms with E-state index in [2.05, 4.69) is 18.9 Å². The third-order valence-corrected chi connectivity index (χ3v) is 2.01. The number of hydrazine groups is 1. The van der Waals surface area contributed by atoms with Crippen molar-refractivity contribution >= 4 is 5.91 Å². The Hall–Kier alpha value is -0.830. The van der Waals surface area contributed by atoms with Gasteiger partial charge in [-0.3, -0.25) is 9.80 Å². The molecule has 14 heavy (non-hydrogen) atoms. The zero-order valence-electron chi connectivity index (χ0n) is 9.60. The van der Waals surface area contributed by atoms with Crippen LogP contribution in [0.5, 0.6) is 0 Å². The van der Waals surface area contributed by atoms with Crippen molar-refractivity contribution in [1.82, 2.24) is 10.4 Å². The van der Waals surface area contributed by atoms with E-state index in [0.29, 0.717) is 12.1 Å². The van der Waals surface area contributed by atoms with Crippen molar-refractivity contribution in [3.05, 3.63) is 12.2 Å². The highest BCUT2D eigenvalue weighted by Gasteiger charge is 2.10. The van der Waals surface area contributed by atoms with Crippen molar-refractivity contribution in [3.63, 3.8) is 0 Å². The van der Waals surface area contributed by atoms with Gasteiger partial charge in [0, 0.05) is 18.7 Å². The maximum Gasteiger partial charge on any atom is 0.262 e. The molecule has 0 atom stereocenters. The Kier molecular flexibility index (Phi) is 7.11. The fourth-order valence-electron chi connectivity index (χ4n) is 1.15. The van der Waals surface area contributed by atoms with Gasteiger partial charge in [0.2, 0.25) is 0 Å². The normalized spacial score (nSPS) is 9.93. The van der Waals surface area contributed by atoms with Crippen molar-refractivity contribution in [3.8, 4) is 0 Å². The van der Waals surface area contributed by atoms with Gasteiger partial charge in [-0.2, -0.15) is 0 Å². The highest BCUT2D eigenvalue weighted by molar-refractivity contribution is 5.91. The zero-order valence-corrected chi connectivity index (χ0v) is 9.60. The fraction of sp³-hybridized carbons (Fsp3) is 0.727. The van der Waals surface area contributed by atoms with Crippen molar-refractivity contribution in [1.29, 1.82) is 0 Å². The second-order valence-electron chi connectivity index (χ2n) is 3.44. The van der Waals surface area contributed by atoms with E-state index in [1.54, 1.807) is 11.9 Å². The number of carbonyl (C=O) groups excluding carboxylic acids is 1. The van der Waals surface area contributed by atoms with Crippen LogP contribution >= 0.6 is 0 Å². The molecular formula is C11H22N2O. The minimum Gasteiger partial charge on any atom is -0.275 e. The lowest BCUT2D eigenvalue weighted by atomic mass is 10.2. The van der Waals surface area contributed by atoms with E-state index in [4.69, 9.17) is 0 Å². The lowest BCUT2D eigenvalue weighted by molar-refractivity contribution is -0.129. The van der Waals surface area contributed by atoms with Crippen molar-refractivity contribution < 1.29 is 4.79 Å². The van der Waals surface area contributed by atoms with Gasteiger partial charge in [0.05, 0.1) is 0 Å². The first-order valence-electron chi connectivity index (χ1n) is 5.34. The van der Waals surface area contributed by atoms with E-state index >= 15 is 0 Å². The lowest BCUT2D eigenvalue weighted by Gasteiger charge is -2.21. The summed E-state index contributed by atoms with van der Waals surface area (Å²) in [5, 5.41) is 1.62. The van der Waals surface area contributed by atoms with E-state index in [1.807, 2.05) is 6.92 Å². The number of hydrogen-bond acceptors (Lipinski definition) is 2. The topological polar surface area (TPSA) is 32.3 Å². The van der Waals surface area contributed by atoms with E-state index < -0.39 is 0 Å². The second kappa shape index (κ2) is 7.56. The summed E-state index contributed by atoms with van der Waals surface area (Å²) in [7, 11) is 0. The number of nitrogens with one attached hydrogen (secondary N) is 1. The van der Waals surface area contributed by atoms with Gasteiger partial charge in [0.1, 0.15) is 0 Å². The van der Waals surface area contributed by atoms with Gasteiger partial charge in [-0.1, -0.05) is 26.3 Å². The Morgan fingerprint density at radius 3 is 2.43 bits per heavy atom. The van der Waals surface area contributed by atoms with Crippen LogP contribution in [0, 0.1) is 0 Å². The van der Waals surface area contributed by atoms with E-state index in [9.17, 15) is 4.79 Å². The molecule has 1 amide bonds. The summed E-state index contributed by atoms with van der Waals surface area (Å²) >= 11 is 0. The van der Waals surface area contributed by atoms with Crippen molar-refractivity contribution in [2.45, 2.75) is 40.0 Å². The highest BCUT2D eigenvalue weighted by Crippen LogP contribution is 1.97. The largest absolute Gasteiger partial charge is 0.275 e. The number of amides is 1. The SMILES string of the molecule is C=C(C)C(=O)N(CC)NCCCCC. The van der Waals surface area contributed by atoms with Gasteiger partial charge >= 0.3 is 0 Å². The quantitative estimate of drug-likeness (QED) is 0.386. The van der Waals surface area contributed by atoms with Gasteiger partial charge in [0.15, 0.2) is 0 Å². The van der Waals surface area contributed by atoms with E-state index in [1.165, 1.54) is 12.8 Å². The van der Waals surface area contributed by atoms with Gasteiger partial charge in [-0.15, -0.1) is 0 Å². The predicted octanol–water partition coefficient (Wildman–Crippen LogP) is 2.11. The van der Waals surface area contributed by atoms with Gasteiger partial charge in [0.25, 0.3) is 5.91 Å². The van der Waals surface area contributed by atoms with E-state index in [0.717, 1.165) is 13.0 Å². The maximum absolute atomic E-state index is 11.5. The van der Waals surface area contributed by atoms with Crippen LogP contribution < -0.4 is 5.43 Å². The minimum atomic E-state index is -0.0102. The molecule has 0 aromatic rings. The molecule has 0 aliphatic heterocycles. The molecule has 0 aromatic carbocycles. The third kappa shape index (κ3) is 5.02. The molecule has 0 saturated heterocycles. The summed E-state index contributed by atoms with van der Waals surface area (Å²) in [6.45, 7) is 11.0. The van der Waals surface area contributed by atoms with Crippen LogP contribution in [0.4, 0.5) is 0 Å². The molecule has 0 aromatic heterocycles. The predicted molar refractivity (Wildman–Crippen MR) is 59.7 cm³/mol. The van der Waals surface area contributed by atoms with E-state index in [-0.39, 0.29) is 5.91 Å². The fourth-order valence-corrected chi connectivity index (χ4v) is 1.15. The van der Waals surface area contributed by atoms with Crippen LogP contribution in [0.1, 0.15) is 40.0 Å². The average molecular weight is 198 g/mol. The van der Waals surface area contributed by atoms with Crippen LogP contribution in [0.3, 0.4) is 0 Å². The Labute approximate surface area is 87.1 Å². The van der Waals surface area contributed by atoms with Gasteiger partial charge in [-0.25, -0.2) is 5.43 Å². The maximum atomic E-state index is 11.5. The summed E-state index contributed by atoms with van der Waals surface area (Å²) in [4.78, 5) is 11.5. The Morgan fingerprint density at radius 2 is 2.00 bits per heavy atom. The number of rotatable bonds is 7. The smallest absolute Gasteiger partial charge is 0.262 e. The van der Waals surface area contributed by atoms with Gasteiger partial charge < -0.3 is 0 Å². The molecular weight excluding hydrogens is 176 g/mol. The summed E-state index contributed by atoms with van der Waals surface area (Å²) in [5.41, 5.74) is 3.69. The first-order chi connectivity index (χ1) is 6.63. The molecule has 3 nitrogen and oxygen atoms in total. The Morgan fingerprint density at radius 1 is 1.36 bits per heavy atom. The molecule has 1 N–H and O–H groups in total. The molecule has 3 heteroatoms. The first-order valence-corrected chi connectivity index (χ1v) is 5.34. The third-order valence-electron chi connectivity index (χ3n) is 2.01. The van der Waals surface area contributed by atoms with Crippen molar-refractivity contribution in [2.24, 2.45) is 0 Å². The van der Waals surface area contributed by atoms with Crippen LogP contribution in [-0.4, -0.2) is 24.0 Å².